The maximum absolute atomic E-state index is 9.46. The van der Waals surface area contributed by atoms with Gasteiger partial charge in [-0.15, -0.1) is 0 Å². The van der Waals surface area contributed by atoms with Gasteiger partial charge in [0.1, 0.15) is 0 Å². The maximum Gasteiger partial charge on any atom is 0.164 e. The summed E-state index contributed by atoms with van der Waals surface area (Å²) in [5, 5.41) is 11.7. The molecule has 1 heterocycles. The fraction of sp³-hybridized carbons (Fsp3) is 0.345. The van der Waals surface area contributed by atoms with Crippen molar-refractivity contribution in [1.29, 1.82) is 5.26 Å². The number of hydrogen-bond acceptors (Lipinski definition) is 4. The first-order chi connectivity index (χ1) is 30.4. The first-order valence-corrected chi connectivity index (χ1v) is 23.6. The summed E-state index contributed by atoms with van der Waals surface area (Å²) in [6.07, 6.45) is 17.0. The van der Waals surface area contributed by atoms with E-state index in [1.54, 1.807) is 5.56 Å². The largest absolute Gasteiger partial charge is 0.208 e. The van der Waals surface area contributed by atoms with Gasteiger partial charge in [-0.2, -0.15) is 5.26 Å². The van der Waals surface area contributed by atoms with E-state index in [0.29, 0.717) is 33.9 Å². The van der Waals surface area contributed by atoms with E-state index in [4.69, 9.17) is 15.0 Å². The molecule has 0 unspecified atom stereocenters. The average molecular weight is 805 g/mol. The number of rotatable bonds is 7. The van der Waals surface area contributed by atoms with E-state index >= 15 is 0 Å². The molecule has 304 valence electrons. The lowest BCUT2D eigenvalue weighted by Crippen LogP contribution is -2.48. The van der Waals surface area contributed by atoms with Crippen LogP contribution in [0.3, 0.4) is 0 Å². The van der Waals surface area contributed by atoms with Crippen LogP contribution in [0.5, 0.6) is 0 Å². The summed E-state index contributed by atoms with van der Waals surface area (Å²) in [7, 11) is 0. The summed E-state index contributed by atoms with van der Waals surface area (Å²) in [6.45, 7) is 0. The molecule has 15 rings (SSSR count). The van der Waals surface area contributed by atoms with E-state index < -0.39 is 0 Å². The van der Waals surface area contributed by atoms with E-state index in [9.17, 15) is 5.26 Å². The highest BCUT2D eigenvalue weighted by atomic mass is 15.0. The van der Waals surface area contributed by atoms with Crippen molar-refractivity contribution in [2.24, 2.45) is 35.5 Å². The second-order valence-electron chi connectivity index (χ2n) is 20.8. The maximum atomic E-state index is 9.46. The molecule has 8 bridgehead atoms. The number of aromatic nitrogens is 3. The van der Waals surface area contributed by atoms with Crippen molar-refractivity contribution in [3.8, 4) is 62.5 Å². The van der Waals surface area contributed by atoms with E-state index in [-0.39, 0.29) is 0 Å². The van der Waals surface area contributed by atoms with Gasteiger partial charge in [-0.05, 0) is 192 Å². The molecule has 7 aromatic rings. The number of benzene rings is 6. The number of fused-ring (bicyclic) bond motifs is 1. The minimum absolute atomic E-state index is 0.339. The molecule has 62 heavy (non-hydrogen) atoms. The molecule has 6 aromatic carbocycles. The van der Waals surface area contributed by atoms with E-state index in [0.717, 1.165) is 74.1 Å². The van der Waals surface area contributed by atoms with Crippen molar-refractivity contribution < 1.29 is 0 Å². The number of nitriles is 1. The highest BCUT2D eigenvalue weighted by molar-refractivity contribution is 6.04. The van der Waals surface area contributed by atoms with Crippen molar-refractivity contribution in [3.63, 3.8) is 0 Å². The molecule has 8 aliphatic rings. The van der Waals surface area contributed by atoms with Crippen LogP contribution in [-0.2, 0) is 10.8 Å². The molecule has 8 aliphatic carbocycles. The van der Waals surface area contributed by atoms with Crippen LogP contribution >= 0.6 is 0 Å². The third kappa shape index (κ3) is 6.10. The van der Waals surface area contributed by atoms with E-state index in [2.05, 4.69) is 115 Å². The van der Waals surface area contributed by atoms with Crippen molar-refractivity contribution >= 4 is 10.8 Å². The Morgan fingerprint density at radius 1 is 0.387 bits per heavy atom. The van der Waals surface area contributed by atoms with Gasteiger partial charge in [-0.1, -0.05) is 109 Å². The highest BCUT2D eigenvalue weighted by Gasteiger charge is 2.52. The zero-order chi connectivity index (χ0) is 41.0. The van der Waals surface area contributed by atoms with Crippen LogP contribution in [0.4, 0.5) is 0 Å². The topological polar surface area (TPSA) is 62.5 Å². The molecule has 8 saturated carbocycles. The molecule has 0 aliphatic heterocycles. The molecular formula is C58H52N4. The Morgan fingerprint density at radius 2 is 0.823 bits per heavy atom. The van der Waals surface area contributed by atoms with Gasteiger partial charge in [-0.25, -0.2) is 15.0 Å². The van der Waals surface area contributed by atoms with Gasteiger partial charge in [0.25, 0.3) is 0 Å². The third-order valence-electron chi connectivity index (χ3n) is 16.9. The van der Waals surface area contributed by atoms with Gasteiger partial charge in [0.15, 0.2) is 17.5 Å². The Hall–Kier alpha value is -5.92. The molecule has 0 spiro atoms. The molecule has 0 radical (unpaired) electrons. The molecular weight excluding hydrogens is 753 g/mol. The molecule has 0 saturated heterocycles. The van der Waals surface area contributed by atoms with Crippen molar-refractivity contribution in [3.05, 3.63) is 150 Å². The molecule has 1 aromatic heterocycles. The second-order valence-corrected chi connectivity index (χ2v) is 20.8. The van der Waals surface area contributed by atoms with Crippen molar-refractivity contribution in [2.75, 3.05) is 0 Å². The SMILES string of the molecule is N#Cc1ccc(-c2ccc(-c3nc(-c4ccc(C56C[C@H]7C[C@@H](C5)C[C@@H](C6)C7)cc4)nc(-c4cccc(-c5ccc(C67C[C@H]8C[C@H](C6)C[C@@H](C7)C8)cc5)c4)n3)c3ccccc23)cc1. The van der Waals surface area contributed by atoms with Crippen molar-refractivity contribution in [2.45, 2.75) is 87.9 Å². The zero-order valence-corrected chi connectivity index (χ0v) is 35.4. The lowest BCUT2D eigenvalue weighted by molar-refractivity contribution is -0.00530. The predicted octanol–water partition coefficient (Wildman–Crippen LogP) is 14.2. The first kappa shape index (κ1) is 36.7. The van der Waals surface area contributed by atoms with Gasteiger partial charge in [0, 0.05) is 16.7 Å². The zero-order valence-electron chi connectivity index (χ0n) is 35.4. The Bertz CT molecular complexity index is 2850. The average Bonchev–Trinajstić information content (AvgIpc) is 3.30. The minimum atomic E-state index is 0.339. The Balaban J connectivity index is 0.894. The molecule has 0 N–H and O–H groups in total. The monoisotopic (exact) mass is 804 g/mol. The molecule has 4 heteroatoms. The van der Waals surface area contributed by atoms with Crippen LogP contribution in [0.2, 0.25) is 0 Å². The summed E-state index contributed by atoms with van der Waals surface area (Å²) >= 11 is 0. The van der Waals surface area contributed by atoms with Crippen molar-refractivity contribution in [1.82, 2.24) is 15.0 Å². The first-order valence-electron chi connectivity index (χ1n) is 23.6. The van der Waals surface area contributed by atoms with E-state index in [1.165, 1.54) is 93.7 Å². The second kappa shape index (κ2) is 14.0. The normalized spacial score (nSPS) is 29.0. The van der Waals surface area contributed by atoms with Crippen LogP contribution in [0.25, 0.3) is 67.2 Å². The van der Waals surface area contributed by atoms with Gasteiger partial charge >= 0.3 is 0 Å². The Labute approximate surface area is 365 Å². The molecule has 8 fully saturated rings. The van der Waals surface area contributed by atoms with Gasteiger partial charge in [0.2, 0.25) is 0 Å². The lowest BCUT2D eigenvalue weighted by atomic mass is 9.48. The molecule has 0 atom stereocenters. The third-order valence-corrected chi connectivity index (χ3v) is 16.9. The van der Waals surface area contributed by atoms with Crippen LogP contribution < -0.4 is 0 Å². The molecule has 4 nitrogen and oxygen atoms in total. The Morgan fingerprint density at radius 3 is 1.35 bits per heavy atom. The standard InChI is InChI=1S/C58H52N4/c59-35-36-8-10-44(11-9-36)50-20-21-53(52-7-2-1-6-51(50)52)56-61-54(45-14-18-49(19-15-45)58-32-40-25-41(33-58)27-42(26-40)34-58)60-55(62-56)47-5-3-4-46(28-47)43-12-16-48(17-13-43)57-29-37-22-38(30-57)24-39(23-37)31-57/h1-21,28,37-42H,22-27,29-34H2/t37-,38-,39-,40-,41+,42-,57?,58?. The smallest absolute Gasteiger partial charge is 0.164 e. The summed E-state index contributed by atoms with van der Waals surface area (Å²) in [6, 6.07) is 50.8. The minimum Gasteiger partial charge on any atom is -0.208 e. The summed E-state index contributed by atoms with van der Waals surface area (Å²) in [4.78, 5) is 15.9. The van der Waals surface area contributed by atoms with Gasteiger partial charge < -0.3 is 0 Å². The van der Waals surface area contributed by atoms with Gasteiger partial charge in [0.05, 0.1) is 11.6 Å². The lowest BCUT2D eigenvalue weighted by Gasteiger charge is -2.57. The Kier molecular flexibility index (Phi) is 8.32. The number of nitrogens with zero attached hydrogens (tertiary/aromatic N) is 4. The summed E-state index contributed by atoms with van der Waals surface area (Å²) in [5.41, 5.74) is 12.1. The molecule has 0 amide bonds. The van der Waals surface area contributed by atoms with E-state index in [1.807, 2.05) is 24.3 Å². The number of hydrogen-bond donors (Lipinski definition) is 0. The quantitative estimate of drug-likeness (QED) is 0.161. The summed E-state index contributed by atoms with van der Waals surface area (Å²) in [5.74, 6) is 7.58. The fourth-order valence-corrected chi connectivity index (χ4v) is 15.0. The van der Waals surface area contributed by atoms with Crippen LogP contribution in [0.1, 0.15) is 93.7 Å². The van der Waals surface area contributed by atoms with Crippen LogP contribution in [0.15, 0.2) is 133 Å². The summed E-state index contributed by atoms with van der Waals surface area (Å²) < 4.78 is 0. The van der Waals surface area contributed by atoms with Crippen LogP contribution in [0, 0.1) is 46.8 Å². The van der Waals surface area contributed by atoms with Gasteiger partial charge in [-0.3, -0.25) is 0 Å². The highest BCUT2D eigenvalue weighted by Crippen LogP contribution is 2.62. The fourth-order valence-electron chi connectivity index (χ4n) is 15.0. The van der Waals surface area contributed by atoms with Crippen LogP contribution in [-0.4, -0.2) is 15.0 Å². The predicted molar refractivity (Wildman–Crippen MR) is 249 cm³/mol.